The highest BCUT2D eigenvalue weighted by molar-refractivity contribution is 5.96. The van der Waals surface area contributed by atoms with Crippen LogP contribution in [0.5, 0.6) is 0 Å². The molecule has 35 heavy (non-hydrogen) atoms. The van der Waals surface area contributed by atoms with Crippen molar-refractivity contribution in [1.82, 2.24) is 16.0 Å². The predicted octanol–water partition coefficient (Wildman–Crippen LogP) is 4.37. The van der Waals surface area contributed by atoms with Crippen LogP contribution in [0.4, 0.5) is 0 Å². The highest BCUT2D eigenvalue weighted by atomic mass is 16.2. The van der Waals surface area contributed by atoms with Crippen molar-refractivity contribution in [2.75, 3.05) is 13.6 Å². The van der Waals surface area contributed by atoms with E-state index in [-0.39, 0.29) is 17.9 Å². The predicted molar refractivity (Wildman–Crippen MR) is 145 cm³/mol. The van der Waals surface area contributed by atoms with Gasteiger partial charge in [0.25, 0.3) is 5.91 Å². The molecule has 3 rings (SSSR count). The summed E-state index contributed by atoms with van der Waals surface area (Å²) in [6, 6.07) is 21.7. The van der Waals surface area contributed by atoms with Gasteiger partial charge in [-0.2, -0.15) is 0 Å². The van der Waals surface area contributed by atoms with Gasteiger partial charge in [-0.25, -0.2) is 0 Å². The quantitative estimate of drug-likeness (QED) is 0.349. The average molecular weight is 471 g/mol. The fraction of sp³-hybridized carbons (Fsp3) is 0.172. The minimum atomic E-state index is -0.153. The molecule has 0 radical (unpaired) electrons. The van der Waals surface area contributed by atoms with Gasteiger partial charge in [0.15, 0.2) is 0 Å². The van der Waals surface area contributed by atoms with Crippen molar-refractivity contribution in [2.45, 2.75) is 19.4 Å². The van der Waals surface area contributed by atoms with Gasteiger partial charge in [-0.1, -0.05) is 79.9 Å². The van der Waals surface area contributed by atoms with Crippen LogP contribution >= 0.6 is 0 Å². The maximum Gasteiger partial charge on any atom is 0.252 e. The molecular formula is C29H34N4O2. The van der Waals surface area contributed by atoms with Crippen LogP contribution in [0, 0.1) is 0 Å². The average Bonchev–Trinajstić information content (AvgIpc) is 2.86. The lowest BCUT2D eigenvalue weighted by Crippen LogP contribution is -2.28. The molecule has 2 amide bonds. The van der Waals surface area contributed by atoms with Crippen LogP contribution in [-0.2, 0) is 11.2 Å². The monoisotopic (exact) mass is 470 g/mol. The molecule has 0 aromatic heterocycles. The van der Waals surface area contributed by atoms with E-state index in [0.717, 1.165) is 27.6 Å². The standard InChI is InChI=1S/C27H29N3O2.C2H5N/c1-19(29-17-9-16-26(31)28-3)18-22-11-5-7-14-25(22)27(32)30-20(2)23-15-8-12-21-10-4-6-13-24(21)23;1-2-3/h4-16,20,29H,1,17-18H2,2-3H3,(H,28,31)(H,30,32);2H,1,3H2/b16-9+;. The summed E-state index contributed by atoms with van der Waals surface area (Å²) >= 11 is 0. The second-order valence-corrected chi connectivity index (χ2v) is 7.83. The molecular weight excluding hydrogens is 436 g/mol. The van der Waals surface area contributed by atoms with Crippen molar-refractivity contribution in [3.8, 4) is 0 Å². The molecule has 1 atom stereocenters. The number of likely N-dealkylation sites (N-methyl/N-ethyl adjacent to an activating group) is 1. The Morgan fingerprint density at radius 3 is 2.43 bits per heavy atom. The lowest BCUT2D eigenvalue weighted by Gasteiger charge is -2.18. The number of nitrogens with one attached hydrogen (secondary N) is 3. The lowest BCUT2D eigenvalue weighted by molar-refractivity contribution is -0.116. The van der Waals surface area contributed by atoms with Crippen molar-refractivity contribution in [1.29, 1.82) is 0 Å². The van der Waals surface area contributed by atoms with Crippen LogP contribution in [-0.4, -0.2) is 25.4 Å². The van der Waals surface area contributed by atoms with E-state index in [9.17, 15) is 9.59 Å². The van der Waals surface area contributed by atoms with Gasteiger partial charge in [0.2, 0.25) is 5.91 Å². The molecule has 0 saturated heterocycles. The summed E-state index contributed by atoms with van der Waals surface area (Å²) in [5.74, 6) is -0.270. The van der Waals surface area contributed by atoms with Crippen molar-refractivity contribution >= 4 is 22.6 Å². The third-order valence-corrected chi connectivity index (χ3v) is 5.29. The Balaban J connectivity index is 0.00000137. The van der Waals surface area contributed by atoms with Gasteiger partial charge in [-0.05, 0) is 41.1 Å². The minimum absolute atomic E-state index is 0.117. The fourth-order valence-corrected chi connectivity index (χ4v) is 3.62. The Hall–Kier alpha value is -4.32. The number of hydrogen-bond acceptors (Lipinski definition) is 4. The summed E-state index contributed by atoms with van der Waals surface area (Å²) < 4.78 is 0. The third kappa shape index (κ3) is 8.19. The number of carbonyl (C=O) groups is 2. The first-order valence-electron chi connectivity index (χ1n) is 11.4. The first kappa shape index (κ1) is 26.9. The van der Waals surface area contributed by atoms with Gasteiger partial charge in [0.1, 0.15) is 0 Å². The number of allylic oxidation sites excluding steroid dienone is 1. The zero-order chi connectivity index (χ0) is 25.6. The molecule has 0 aliphatic rings. The number of benzene rings is 3. The van der Waals surface area contributed by atoms with E-state index < -0.39 is 0 Å². The van der Waals surface area contributed by atoms with Gasteiger partial charge in [-0.3, -0.25) is 9.59 Å². The van der Waals surface area contributed by atoms with Gasteiger partial charge >= 0.3 is 0 Å². The Bertz CT molecular complexity index is 1190. The van der Waals surface area contributed by atoms with Crippen LogP contribution in [0.15, 0.2) is 104 Å². The molecule has 3 aromatic rings. The lowest BCUT2D eigenvalue weighted by atomic mass is 9.98. The minimum Gasteiger partial charge on any atom is -0.405 e. The fourth-order valence-electron chi connectivity index (χ4n) is 3.62. The molecule has 0 aliphatic heterocycles. The summed E-state index contributed by atoms with van der Waals surface area (Å²) in [6.07, 6.45) is 4.96. The SMILES string of the molecule is C=C(Cc1ccccc1C(=O)NC(C)c1cccc2ccccc12)NC/C=C/C(=O)NC.C=CN. The van der Waals surface area contributed by atoms with E-state index in [4.69, 9.17) is 0 Å². The summed E-state index contributed by atoms with van der Waals surface area (Å²) in [7, 11) is 1.59. The molecule has 182 valence electrons. The van der Waals surface area contributed by atoms with Crippen LogP contribution in [0.2, 0.25) is 0 Å². The number of fused-ring (bicyclic) bond motifs is 1. The van der Waals surface area contributed by atoms with Crippen LogP contribution < -0.4 is 21.7 Å². The zero-order valence-corrected chi connectivity index (χ0v) is 20.4. The summed E-state index contributed by atoms with van der Waals surface area (Å²) in [5, 5.41) is 11.1. The maximum absolute atomic E-state index is 13.1. The van der Waals surface area contributed by atoms with Gasteiger partial charge in [-0.15, -0.1) is 0 Å². The largest absolute Gasteiger partial charge is 0.405 e. The molecule has 0 fully saturated rings. The van der Waals surface area contributed by atoms with E-state index in [0.29, 0.717) is 18.5 Å². The molecule has 0 saturated carbocycles. The molecule has 0 spiro atoms. The second-order valence-electron chi connectivity index (χ2n) is 7.83. The smallest absolute Gasteiger partial charge is 0.252 e. The second kappa shape index (κ2) is 14.1. The first-order valence-corrected chi connectivity index (χ1v) is 11.4. The van der Waals surface area contributed by atoms with E-state index in [1.165, 1.54) is 12.3 Å². The van der Waals surface area contributed by atoms with Crippen molar-refractivity contribution in [3.63, 3.8) is 0 Å². The highest BCUT2D eigenvalue weighted by Gasteiger charge is 2.16. The molecule has 1 unspecified atom stereocenters. The summed E-state index contributed by atoms with van der Waals surface area (Å²) in [5.41, 5.74) is 7.99. The molecule has 0 heterocycles. The van der Waals surface area contributed by atoms with E-state index >= 15 is 0 Å². The Kier molecular flexibility index (Phi) is 10.8. The third-order valence-electron chi connectivity index (χ3n) is 5.29. The number of amides is 2. The summed E-state index contributed by atoms with van der Waals surface area (Å²) in [6.45, 7) is 9.68. The Morgan fingerprint density at radius 1 is 1.03 bits per heavy atom. The topological polar surface area (TPSA) is 96.2 Å². The molecule has 6 nitrogen and oxygen atoms in total. The van der Waals surface area contributed by atoms with Gasteiger partial charge < -0.3 is 21.7 Å². The maximum atomic E-state index is 13.1. The normalized spacial score (nSPS) is 11.1. The molecule has 6 heteroatoms. The number of hydrogen-bond donors (Lipinski definition) is 4. The van der Waals surface area contributed by atoms with E-state index in [2.05, 4.69) is 59.1 Å². The van der Waals surface area contributed by atoms with Crippen molar-refractivity contribution < 1.29 is 9.59 Å². The van der Waals surface area contributed by atoms with E-state index in [1.807, 2.05) is 49.4 Å². The van der Waals surface area contributed by atoms with Crippen molar-refractivity contribution in [2.24, 2.45) is 5.73 Å². The van der Waals surface area contributed by atoms with Crippen molar-refractivity contribution in [3.05, 3.63) is 121 Å². The number of rotatable bonds is 9. The Morgan fingerprint density at radius 2 is 1.69 bits per heavy atom. The Labute approximate surface area is 207 Å². The molecule has 5 N–H and O–H groups in total. The summed E-state index contributed by atoms with van der Waals surface area (Å²) in [4.78, 5) is 24.4. The van der Waals surface area contributed by atoms with E-state index in [1.54, 1.807) is 13.1 Å². The van der Waals surface area contributed by atoms with Gasteiger partial charge in [0, 0.05) is 37.3 Å². The molecule has 0 aliphatic carbocycles. The molecule has 3 aromatic carbocycles. The highest BCUT2D eigenvalue weighted by Crippen LogP contribution is 2.24. The zero-order valence-electron chi connectivity index (χ0n) is 20.4. The van der Waals surface area contributed by atoms with Crippen LogP contribution in [0.3, 0.4) is 0 Å². The van der Waals surface area contributed by atoms with Crippen LogP contribution in [0.25, 0.3) is 10.8 Å². The number of nitrogens with two attached hydrogens (primary N) is 1. The van der Waals surface area contributed by atoms with Gasteiger partial charge in [0.05, 0.1) is 6.04 Å². The first-order chi connectivity index (χ1) is 16.9. The molecule has 0 bridgehead atoms. The number of carbonyl (C=O) groups excluding carboxylic acids is 2. The van der Waals surface area contributed by atoms with Crippen LogP contribution in [0.1, 0.15) is 34.5 Å².